The Labute approximate surface area is 152 Å². The summed E-state index contributed by atoms with van der Waals surface area (Å²) in [6.45, 7) is 12.3. The Bertz CT molecular complexity index is 541. The van der Waals surface area contributed by atoms with Crippen molar-refractivity contribution >= 4 is 5.91 Å². The molecule has 0 aromatic heterocycles. The normalized spacial score (nSPS) is 19.7. The highest BCUT2D eigenvalue weighted by atomic mass is 16.2. The molecule has 2 saturated heterocycles. The molecule has 0 atom stereocenters. The molecule has 1 aromatic carbocycles. The Kier molecular flexibility index (Phi) is 6.49. The molecule has 0 radical (unpaired) electrons. The fraction of sp³-hybridized carbons (Fsp3) is 0.667. The Morgan fingerprint density at radius 2 is 1.52 bits per heavy atom. The van der Waals surface area contributed by atoms with Crippen LogP contribution in [0, 0.1) is 0 Å². The number of amides is 1. The zero-order valence-electron chi connectivity index (χ0n) is 15.9. The number of hydrogen-bond donors (Lipinski definition) is 0. The van der Waals surface area contributed by atoms with E-state index < -0.39 is 0 Å². The second-order valence-corrected chi connectivity index (χ2v) is 7.85. The number of rotatable bonds is 6. The first kappa shape index (κ1) is 18.4. The van der Waals surface area contributed by atoms with Crippen molar-refractivity contribution in [2.75, 3.05) is 52.4 Å². The SMILES string of the molecule is CC(C)c1ccc(CCN2CCN(CC(=O)N3CCCC3)CC2)cc1. The zero-order chi connectivity index (χ0) is 17.6. The topological polar surface area (TPSA) is 26.8 Å². The smallest absolute Gasteiger partial charge is 0.236 e. The molecule has 25 heavy (non-hydrogen) atoms. The van der Waals surface area contributed by atoms with Crippen molar-refractivity contribution in [3.63, 3.8) is 0 Å². The molecule has 138 valence electrons. The number of likely N-dealkylation sites (tertiary alicyclic amines) is 1. The van der Waals surface area contributed by atoms with Crippen molar-refractivity contribution in [2.24, 2.45) is 0 Å². The maximum absolute atomic E-state index is 12.3. The van der Waals surface area contributed by atoms with Crippen molar-refractivity contribution in [1.82, 2.24) is 14.7 Å². The average molecular weight is 344 g/mol. The molecule has 4 heteroatoms. The Morgan fingerprint density at radius 3 is 2.12 bits per heavy atom. The van der Waals surface area contributed by atoms with Crippen LogP contribution in [0.1, 0.15) is 43.7 Å². The first-order valence-electron chi connectivity index (χ1n) is 9.93. The zero-order valence-corrected chi connectivity index (χ0v) is 15.9. The second kappa shape index (κ2) is 8.81. The highest BCUT2D eigenvalue weighted by Crippen LogP contribution is 2.15. The molecule has 0 saturated carbocycles. The van der Waals surface area contributed by atoms with Crippen LogP contribution in [-0.2, 0) is 11.2 Å². The number of hydrogen-bond acceptors (Lipinski definition) is 3. The predicted octanol–water partition coefficient (Wildman–Crippen LogP) is 2.59. The summed E-state index contributed by atoms with van der Waals surface area (Å²) in [6.07, 6.45) is 3.47. The largest absolute Gasteiger partial charge is 0.342 e. The fourth-order valence-electron chi connectivity index (χ4n) is 3.79. The van der Waals surface area contributed by atoms with Gasteiger partial charge in [-0.15, -0.1) is 0 Å². The van der Waals surface area contributed by atoms with Crippen molar-refractivity contribution in [1.29, 1.82) is 0 Å². The van der Waals surface area contributed by atoms with E-state index in [0.717, 1.165) is 52.2 Å². The van der Waals surface area contributed by atoms with Crippen LogP contribution in [0.15, 0.2) is 24.3 Å². The summed E-state index contributed by atoms with van der Waals surface area (Å²) in [5, 5.41) is 0. The molecule has 1 amide bonds. The van der Waals surface area contributed by atoms with E-state index >= 15 is 0 Å². The van der Waals surface area contributed by atoms with Crippen molar-refractivity contribution in [3.05, 3.63) is 35.4 Å². The van der Waals surface area contributed by atoms with E-state index in [1.807, 2.05) is 4.90 Å². The maximum Gasteiger partial charge on any atom is 0.236 e. The molecule has 1 aromatic rings. The van der Waals surface area contributed by atoms with Crippen molar-refractivity contribution < 1.29 is 4.79 Å². The Morgan fingerprint density at radius 1 is 0.920 bits per heavy atom. The molecule has 0 unspecified atom stereocenters. The highest BCUT2D eigenvalue weighted by molar-refractivity contribution is 5.78. The first-order valence-corrected chi connectivity index (χ1v) is 9.93. The summed E-state index contributed by atoms with van der Waals surface area (Å²) >= 11 is 0. The number of nitrogens with zero attached hydrogens (tertiary/aromatic N) is 3. The summed E-state index contributed by atoms with van der Waals surface area (Å²) < 4.78 is 0. The third-order valence-electron chi connectivity index (χ3n) is 5.65. The number of piperazine rings is 1. The van der Waals surface area contributed by atoms with Crippen LogP contribution in [0.5, 0.6) is 0 Å². The number of benzene rings is 1. The van der Waals surface area contributed by atoms with Crippen molar-refractivity contribution in [3.8, 4) is 0 Å². The van der Waals surface area contributed by atoms with Crippen LogP contribution < -0.4 is 0 Å². The minimum atomic E-state index is 0.330. The molecular weight excluding hydrogens is 310 g/mol. The summed E-state index contributed by atoms with van der Waals surface area (Å²) in [7, 11) is 0. The van der Waals surface area contributed by atoms with Crippen LogP contribution in [0.2, 0.25) is 0 Å². The molecule has 0 N–H and O–H groups in total. The van der Waals surface area contributed by atoms with Gasteiger partial charge in [0.05, 0.1) is 6.54 Å². The van der Waals surface area contributed by atoms with Gasteiger partial charge in [0.1, 0.15) is 0 Å². The Balaban J connectivity index is 1.36. The van der Waals surface area contributed by atoms with Crippen LogP contribution >= 0.6 is 0 Å². The molecule has 2 aliphatic rings. The molecule has 0 spiro atoms. The fourth-order valence-corrected chi connectivity index (χ4v) is 3.79. The molecule has 0 bridgehead atoms. The van der Waals surface area contributed by atoms with Crippen molar-refractivity contribution in [2.45, 2.75) is 39.0 Å². The van der Waals surface area contributed by atoms with Gasteiger partial charge in [-0.2, -0.15) is 0 Å². The molecule has 4 nitrogen and oxygen atoms in total. The van der Waals surface area contributed by atoms with Gasteiger partial charge in [0, 0.05) is 45.8 Å². The number of carbonyl (C=O) groups is 1. The lowest BCUT2D eigenvalue weighted by Gasteiger charge is -2.35. The van der Waals surface area contributed by atoms with Crippen LogP contribution in [0.4, 0.5) is 0 Å². The van der Waals surface area contributed by atoms with Crippen LogP contribution in [0.3, 0.4) is 0 Å². The van der Waals surface area contributed by atoms with E-state index in [9.17, 15) is 4.79 Å². The van der Waals surface area contributed by atoms with Gasteiger partial charge in [0.25, 0.3) is 0 Å². The van der Waals surface area contributed by atoms with Gasteiger partial charge in [0.2, 0.25) is 5.91 Å². The van der Waals surface area contributed by atoms with E-state index in [2.05, 4.69) is 47.9 Å². The second-order valence-electron chi connectivity index (χ2n) is 7.85. The van der Waals surface area contributed by atoms with E-state index in [1.54, 1.807) is 0 Å². The molecule has 2 heterocycles. The van der Waals surface area contributed by atoms with Gasteiger partial charge in [-0.25, -0.2) is 0 Å². The lowest BCUT2D eigenvalue weighted by atomic mass is 10.0. The average Bonchev–Trinajstić information content (AvgIpc) is 3.16. The molecular formula is C21H33N3O. The van der Waals surface area contributed by atoms with Crippen LogP contribution in [-0.4, -0.2) is 73.0 Å². The lowest BCUT2D eigenvalue weighted by Crippen LogP contribution is -2.50. The minimum absolute atomic E-state index is 0.330. The third-order valence-corrected chi connectivity index (χ3v) is 5.65. The van der Waals surface area contributed by atoms with Gasteiger partial charge >= 0.3 is 0 Å². The first-order chi connectivity index (χ1) is 12.1. The third kappa shape index (κ3) is 5.29. The molecule has 3 rings (SSSR count). The van der Waals surface area contributed by atoms with E-state index in [0.29, 0.717) is 18.4 Å². The standard InChI is InChI=1S/C21H33N3O/c1-18(2)20-7-5-19(6-8-20)9-12-22-13-15-23(16-14-22)17-21(25)24-10-3-4-11-24/h5-8,18H,3-4,9-17H2,1-2H3. The maximum atomic E-state index is 12.3. The van der Waals surface area contributed by atoms with Gasteiger partial charge in [0.15, 0.2) is 0 Å². The number of carbonyl (C=O) groups excluding carboxylic acids is 1. The van der Waals surface area contributed by atoms with E-state index in [1.165, 1.54) is 24.0 Å². The minimum Gasteiger partial charge on any atom is -0.342 e. The molecule has 2 fully saturated rings. The predicted molar refractivity (Wildman–Crippen MR) is 103 cm³/mol. The van der Waals surface area contributed by atoms with Gasteiger partial charge in [-0.1, -0.05) is 38.1 Å². The Hall–Kier alpha value is -1.39. The van der Waals surface area contributed by atoms with Gasteiger partial charge < -0.3 is 9.80 Å². The molecule has 2 aliphatic heterocycles. The van der Waals surface area contributed by atoms with Gasteiger partial charge in [-0.05, 0) is 36.3 Å². The van der Waals surface area contributed by atoms with Gasteiger partial charge in [-0.3, -0.25) is 9.69 Å². The summed E-state index contributed by atoms with van der Waals surface area (Å²) in [5.74, 6) is 0.932. The summed E-state index contributed by atoms with van der Waals surface area (Å²) in [4.78, 5) is 19.1. The lowest BCUT2D eigenvalue weighted by molar-refractivity contribution is -0.131. The molecule has 0 aliphatic carbocycles. The highest BCUT2D eigenvalue weighted by Gasteiger charge is 2.23. The quantitative estimate of drug-likeness (QED) is 0.794. The van der Waals surface area contributed by atoms with Crippen LogP contribution in [0.25, 0.3) is 0 Å². The summed E-state index contributed by atoms with van der Waals surface area (Å²) in [5.41, 5.74) is 2.84. The monoisotopic (exact) mass is 343 g/mol. The van der Waals surface area contributed by atoms with E-state index in [4.69, 9.17) is 0 Å². The van der Waals surface area contributed by atoms with E-state index in [-0.39, 0.29) is 0 Å². The summed E-state index contributed by atoms with van der Waals surface area (Å²) in [6, 6.07) is 9.09.